The van der Waals surface area contributed by atoms with E-state index in [9.17, 15) is 0 Å². The van der Waals surface area contributed by atoms with Crippen molar-refractivity contribution in [3.8, 4) is 0 Å². The smallest absolute Gasteiger partial charge is 0.170 e. The Hall–Kier alpha value is -0.840. The Balaban J connectivity index is 1.42. The number of hydrogen-bond acceptors (Lipinski definition) is 1. The Labute approximate surface area is 156 Å². The fraction of sp³-hybridized carbons (Fsp3) is 0.632. The van der Waals surface area contributed by atoms with E-state index in [1.54, 1.807) is 0 Å². The van der Waals surface area contributed by atoms with E-state index in [4.69, 9.17) is 23.8 Å². The van der Waals surface area contributed by atoms with Crippen molar-refractivity contribution >= 4 is 34.6 Å². The van der Waals surface area contributed by atoms with Crippen molar-refractivity contribution in [2.45, 2.75) is 45.1 Å². The van der Waals surface area contributed by atoms with Gasteiger partial charge in [0.05, 0.1) is 19.1 Å². The third-order valence-electron chi connectivity index (χ3n) is 5.69. The van der Waals surface area contributed by atoms with Gasteiger partial charge in [-0.05, 0) is 49.7 Å². The van der Waals surface area contributed by atoms with Crippen molar-refractivity contribution in [3.05, 3.63) is 29.3 Å². The predicted molar refractivity (Wildman–Crippen MR) is 106 cm³/mol. The second kappa shape index (κ2) is 8.50. The van der Waals surface area contributed by atoms with Gasteiger partial charge in [0.15, 0.2) is 5.11 Å². The number of benzene rings is 1. The van der Waals surface area contributed by atoms with Crippen LogP contribution in [0.15, 0.2) is 24.3 Å². The summed E-state index contributed by atoms with van der Waals surface area (Å²) in [6.45, 7) is 6.04. The van der Waals surface area contributed by atoms with Gasteiger partial charge in [0, 0.05) is 35.5 Å². The van der Waals surface area contributed by atoms with Crippen LogP contribution in [0.3, 0.4) is 0 Å². The number of hydrogen-bond donors (Lipinski definition) is 3. The van der Waals surface area contributed by atoms with Crippen LogP contribution in [0, 0.1) is 11.8 Å². The van der Waals surface area contributed by atoms with E-state index >= 15 is 0 Å². The maximum absolute atomic E-state index is 6.00. The van der Waals surface area contributed by atoms with Gasteiger partial charge in [-0.15, -0.1) is 0 Å². The van der Waals surface area contributed by atoms with Crippen LogP contribution in [-0.4, -0.2) is 30.8 Å². The molecule has 3 nitrogen and oxygen atoms in total. The molecule has 3 N–H and O–H groups in total. The molecule has 1 aliphatic heterocycles. The minimum absolute atomic E-state index is 0.691. The van der Waals surface area contributed by atoms with Gasteiger partial charge < -0.3 is 15.5 Å². The fourth-order valence-electron chi connectivity index (χ4n) is 4.38. The lowest BCUT2D eigenvalue weighted by atomic mass is 9.85. The lowest BCUT2D eigenvalue weighted by molar-refractivity contribution is -0.920. The summed E-state index contributed by atoms with van der Waals surface area (Å²) in [4.78, 5) is 1.84. The zero-order chi connectivity index (χ0) is 16.9. The summed E-state index contributed by atoms with van der Waals surface area (Å²) in [7, 11) is 0. The Kier molecular flexibility index (Phi) is 6.37. The largest absolute Gasteiger partial charge is 0.362 e. The van der Waals surface area contributed by atoms with Gasteiger partial charge in [0.2, 0.25) is 0 Å². The number of anilines is 1. The molecule has 1 aliphatic carbocycles. The van der Waals surface area contributed by atoms with Crippen molar-refractivity contribution < 1.29 is 4.90 Å². The van der Waals surface area contributed by atoms with Gasteiger partial charge in [0.1, 0.15) is 0 Å². The van der Waals surface area contributed by atoms with Crippen molar-refractivity contribution in [1.82, 2.24) is 5.32 Å². The minimum atomic E-state index is 0.691. The third-order valence-corrected chi connectivity index (χ3v) is 6.18. The molecule has 1 aromatic rings. The van der Waals surface area contributed by atoms with Crippen LogP contribution in [0.2, 0.25) is 5.02 Å². The predicted octanol–water partition coefficient (Wildman–Crippen LogP) is 3.11. The SMILES string of the molecule is CC1CCCCC1[NH+]1CCC(CNC(=S)Nc2cccc(Cl)c2)C1. The van der Waals surface area contributed by atoms with Crippen molar-refractivity contribution in [2.75, 3.05) is 25.0 Å². The molecule has 5 heteroatoms. The van der Waals surface area contributed by atoms with Crippen molar-refractivity contribution in [2.24, 2.45) is 11.8 Å². The molecule has 0 bridgehead atoms. The highest BCUT2D eigenvalue weighted by Gasteiger charge is 2.36. The first-order valence-electron chi connectivity index (χ1n) is 9.27. The molecule has 0 amide bonds. The van der Waals surface area contributed by atoms with Gasteiger partial charge >= 0.3 is 0 Å². The highest BCUT2D eigenvalue weighted by atomic mass is 35.5. The van der Waals surface area contributed by atoms with Crippen LogP contribution in [0.25, 0.3) is 0 Å². The van der Waals surface area contributed by atoms with Gasteiger partial charge in [-0.3, -0.25) is 0 Å². The second-order valence-corrected chi connectivity index (χ2v) is 8.33. The van der Waals surface area contributed by atoms with Crippen LogP contribution in [0.4, 0.5) is 5.69 Å². The highest BCUT2D eigenvalue weighted by molar-refractivity contribution is 7.80. The molecule has 0 spiro atoms. The van der Waals surface area contributed by atoms with E-state index in [0.717, 1.165) is 35.1 Å². The van der Waals surface area contributed by atoms with Gasteiger partial charge in [-0.1, -0.05) is 31.0 Å². The number of nitrogens with one attached hydrogen (secondary N) is 3. The molecule has 1 saturated heterocycles. The molecule has 3 rings (SSSR count). The fourth-order valence-corrected chi connectivity index (χ4v) is 4.77. The molecule has 4 unspecified atom stereocenters. The summed E-state index contributed by atoms with van der Waals surface area (Å²) in [5, 5.41) is 8.02. The Morgan fingerprint density at radius 3 is 2.92 bits per heavy atom. The van der Waals surface area contributed by atoms with Gasteiger partial charge in [-0.2, -0.15) is 0 Å². The van der Waals surface area contributed by atoms with Gasteiger partial charge in [0.25, 0.3) is 0 Å². The van der Waals surface area contributed by atoms with E-state index in [0.29, 0.717) is 5.11 Å². The Morgan fingerprint density at radius 2 is 2.12 bits per heavy atom. The molecule has 0 radical (unpaired) electrons. The van der Waals surface area contributed by atoms with E-state index in [2.05, 4.69) is 17.6 Å². The maximum atomic E-state index is 6.00. The summed E-state index contributed by atoms with van der Waals surface area (Å²) in [5.41, 5.74) is 0.940. The molecule has 24 heavy (non-hydrogen) atoms. The van der Waals surface area contributed by atoms with E-state index < -0.39 is 0 Å². The molecule has 2 aliphatic rings. The average molecular weight is 367 g/mol. The first-order chi connectivity index (χ1) is 11.6. The van der Waals surface area contributed by atoms with Crippen LogP contribution in [-0.2, 0) is 0 Å². The zero-order valence-corrected chi connectivity index (χ0v) is 16.1. The first kappa shape index (κ1) is 18.0. The topological polar surface area (TPSA) is 28.5 Å². The second-order valence-electron chi connectivity index (χ2n) is 7.48. The summed E-state index contributed by atoms with van der Waals surface area (Å²) in [6, 6.07) is 8.55. The molecular weight excluding hydrogens is 338 g/mol. The van der Waals surface area contributed by atoms with Gasteiger partial charge in [-0.25, -0.2) is 0 Å². The van der Waals surface area contributed by atoms with E-state index in [1.165, 1.54) is 45.2 Å². The number of rotatable bonds is 4. The van der Waals surface area contributed by atoms with Crippen molar-refractivity contribution in [1.29, 1.82) is 0 Å². The molecule has 4 atom stereocenters. The Bertz CT molecular complexity index is 565. The van der Waals surface area contributed by atoms with Crippen LogP contribution in [0.1, 0.15) is 39.0 Å². The first-order valence-corrected chi connectivity index (χ1v) is 10.1. The summed E-state index contributed by atoms with van der Waals surface area (Å²) < 4.78 is 0. The number of halogens is 1. The standard InChI is InChI=1S/C19H28ClN3S/c1-14-5-2-3-8-18(14)23-10-9-15(13-23)12-21-19(24)22-17-7-4-6-16(20)11-17/h4,6-7,11,14-15,18H,2-3,5,8-10,12-13H2,1H3,(H2,21,22,24)/p+1. The van der Waals surface area contributed by atoms with E-state index in [1.807, 2.05) is 29.2 Å². The summed E-state index contributed by atoms with van der Waals surface area (Å²) in [5.74, 6) is 1.62. The zero-order valence-electron chi connectivity index (χ0n) is 14.5. The minimum Gasteiger partial charge on any atom is -0.362 e. The third kappa shape index (κ3) is 4.84. The number of quaternary nitrogens is 1. The molecule has 2 fully saturated rings. The maximum Gasteiger partial charge on any atom is 0.170 e. The number of likely N-dealkylation sites (tertiary alicyclic amines) is 1. The Morgan fingerprint density at radius 1 is 1.29 bits per heavy atom. The lowest BCUT2D eigenvalue weighted by Gasteiger charge is -2.33. The quantitative estimate of drug-likeness (QED) is 0.715. The average Bonchev–Trinajstić information content (AvgIpc) is 3.02. The van der Waals surface area contributed by atoms with Crippen LogP contribution in [0.5, 0.6) is 0 Å². The molecule has 1 aromatic carbocycles. The summed E-state index contributed by atoms with van der Waals surface area (Å²) >= 11 is 11.4. The molecule has 132 valence electrons. The van der Waals surface area contributed by atoms with Crippen LogP contribution >= 0.6 is 23.8 Å². The highest BCUT2D eigenvalue weighted by Crippen LogP contribution is 2.23. The molecule has 1 heterocycles. The van der Waals surface area contributed by atoms with Crippen molar-refractivity contribution in [3.63, 3.8) is 0 Å². The monoisotopic (exact) mass is 366 g/mol. The molecular formula is C19H29ClN3S+. The van der Waals surface area contributed by atoms with Crippen LogP contribution < -0.4 is 15.5 Å². The molecule has 1 saturated carbocycles. The molecule has 0 aromatic heterocycles. The van der Waals surface area contributed by atoms with E-state index in [-0.39, 0.29) is 0 Å². The lowest BCUT2D eigenvalue weighted by Crippen LogP contribution is -3.15. The normalized spacial score (nSPS) is 30.1. The number of thiocarbonyl (C=S) groups is 1. The summed E-state index contributed by atoms with van der Waals surface area (Å²) in [6.07, 6.45) is 7.01.